The van der Waals surface area contributed by atoms with E-state index in [1.807, 2.05) is 30.3 Å². The van der Waals surface area contributed by atoms with Crippen molar-refractivity contribution < 1.29 is 4.74 Å². The second-order valence-electron chi connectivity index (χ2n) is 5.35. The van der Waals surface area contributed by atoms with E-state index in [0.29, 0.717) is 6.04 Å². The summed E-state index contributed by atoms with van der Waals surface area (Å²) >= 11 is 0. The molecule has 2 nitrogen and oxygen atoms in total. The number of ether oxygens (including phenoxy) is 1. The molecule has 0 spiro atoms. The average Bonchev–Trinajstić information content (AvgIpc) is 2.50. The third kappa shape index (κ3) is 4.33. The van der Waals surface area contributed by atoms with Gasteiger partial charge in [0.1, 0.15) is 5.75 Å². The van der Waals surface area contributed by atoms with E-state index in [9.17, 15) is 0 Å². The molecule has 0 saturated heterocycles. The number of rotatable bonds is 7. The van der Waals surface area contributed by atoms with E-state index >= 15 is 0 Å². The van der Waals surface area contributed by atoms with Gasteiger partial charge in [0.2, 0.25) is 0 Å². The predicted molar refractivity (Wildman–Crippen MR) is 88.9 cm³/mol. The molecule has 0 fully saturated rings. The second kappa shape index (κ2) is 7.84. The Balaban J connectivity index is 2.00. The van der Waals surface area contributed by atoms with E-state index in [1.165, 1.54) is 16.7 Å². The highest BCUT2D eigenvalue weighted by atomic mass is 16.5. The number of para-hydroxylation sites is 1. The Hall–Kier alpha value is -1.80. The summed E-state index contributed by atoms with van der Waals surface area (Å²) in [5.41, 5.74) is 4.11. The van der Waals surface area contributed by atoms with E-state index in [0.717, 1.165) is 25.3 Å². The summed E-state index contributed by atoms with van der Waals surface area (Å²) in [6.07, 6.45) is 0.965. The monoisotopic (exact) mass is 283 g/mol. The zero-order valence-corrected chi connectivity index (χ0v) is 13.2. The van der Waals surface area contributed by atoms with Crippen molar-refractivity contribution in [1.82, 2.24) is 5.32 Å². The number of aryl methyl sites for hydroxylation is 1. The van der Waals surface area contributed by atoms with Gasteiger partial charge in [-0.05, 0) is 49.2 Å². The minimum atomic E-state index is 0.346. The molecule has 0 aliphatic carbocycles. The van der Waals surface area contributed by atoms with Gasteiger partial charge in [0.25, 0.3) is 0 Å². The number of hydrogen-bond donors (Lipinski definition) is 1. The lowest BCUT2D eigenvalue weighted by Gasteiger charge is -2.21. The van der Waals surface area contributed by atoms with Gasteiger partial charge < -0.3 is 10.1 Å². The minimum absolute atomic E-state index is 0.346. The van der Waals surface area contributed by atoms with Crippen molar-refractivity contribution in [2.24, 2.45) is 0 Å². The average molecular weight is 283 g/mol. The number of benzene rings is 2. The van der Waals surface area contributed by atoms with Gasteiger partial charge in [-0.1, -0.05) is 43.3 Å². The van der Waals surface area contributed by atoms with Gasteiger partial charge in [0.05, 0.1) is 6.61 Å². The van der Waals surface area contributed by atoms with E-state index in [-0.39, 0.29) is 0 Å². The normalized spacial score (nSPS) is 12.1. The van der Waals surface area contributed by atoms with Crippen LogP contribution in [0.4, 0.5) is 0 Å². The zero-order valence-electron chi connectivity index (χ0n) is 13.2. The lowest BCUT2D eigenvalue weighted by Crippen LogP contribution is -2.23. The first-order chi connectivity index (χ1) is 10.2. The van der Waals surface area contributed by atoms with E-state index < -0.39 is 0 Å². The largest absolute Gasteiger partial charge is 0.494 e. The van der Waals surface area contributed by atoms with Gasteiger partial charge in [-0.15, -0.1) is 0 Å². The van der Waals surface area contributed by atoms with Crippen molar-refractivity contribution in [3.63, 3.8) is 0 Å². The van der Waals surface area contributed by atoms with Crippen LogP contribution in [0.25, 0.3) is 0 Å². The van der Waals surface area contributed by atoms with Crippen LogP contribution in [-0.4, -0.2) is 13.2 Å². The summed E-state index contributed by atoms with van der Waals surface area (Å²) in [7, 11) is 0. The molecule has 21 heavy (non-hydrogen) atoms. The molecule has 0 bridgehead atoms. The van der Waals surface area contributed by atoms with Gasteiger partial charge >= 0.3 is 0 Å². The molecule has 1 N–H and O–H groups in total. The fraction of sp³-hybridized carbons (Fsp3) is 0.368. The standard InChI is InChI=1S/C19H25NO/c1-4-20-19(18-12-8-9-15(2)16(18)3)13-14-21-17-10-6-5-7-11-17/h5-12,19-20H,4,13-14H2,1-3H3. The van der Waals surface area contributed by atoms with Crippen molar-refractivity contribution in [2.75, 3.05) is 13.2 Å². The Labute approximate surface area is 128 Å². The zero-order chi connectivity index (χ0) is 15.1. The predicted octanol–water partition coefficient (Wildman–Crippen LogP) is 4.42. The second-order valence-corrected chi connectivity index (χ2v) is 5.35. The number of nitrogens with one attached hydrogen (secondary N) is 1. The van der Waals surface area contributed by atoms with E-state index in [2.05, 4.69) is 44.3 Å². The Morgan fingerprint density at radius 1 is 1.00 bits per heavy atom. The first kappa shape index (κ1) is 15.6. The van der Waals surface area contributed by atoms with Crippen LogP contribution in [0.5, 0.6) is 5.75 Å². The highest BCUT2D eigenvalue weighted by Gasteiger charge is 2.13. The molecule has 1 unspecified atom stereocenters. The first-order valence-electron chi connectivity index (χ1n) is 7.69. The van der Waals surface area contributed by atoms with Crippen molar-refractivity contribution >= 4 is 0 Å². The van der Waals surface area contributed by atoms with Crippen LogP contribution >= 0.6 is 0 Å². The van der Waals surface area contributed by atoms with E-state index in [4.69, 9.17) is 4.74 Å². The lowest BCUT2D eigenvalue weighted by molar-refractivity contribution is 0.287. The van der Waals surface area contributed by atoms with Crippen LogP contribution in [0.15, 0.2) is 48.5 Å². The molecule has 2 heteroatoms. The lowest BCUT2D eigenvalue weighted by atomic mass is 9.95. The fourth-order valence-electron chi connectivity index (χ4n) is 2.58. The summed E-state index contributed by atoms with van der Waals surface area (Å²) in [6.45, 7) is 8.20. The third-order valence-corrected chi connectivity index (χ3v) is 3.89. The minimum Gasteiger partial charge on any atom is -0.494 e. The molecule has 0 heterocycles. The summed E-state index contributed by atoms with van der Waals surface area (Å²) in [6, 6.07) is 16.9. The Kier molecular flexibility index (Phi) is 5.82. The van der Waals surface area contributed by atoms with Crippen LogP contribution in [0.2, 0.25) is 0 Å². The maximum Gasteiger partial charge on any atom is 0.119 e. The maximum absolute atomic E-state index is 5.83. The van der Waals surface area contributed by atoms with E-state index in [1.54, 1.807) is 0 Å². The summed E-state index contributed by atoms with van der Waals surface area (Å²) in [5, 5.41) is 3.57. The maximum atomic E-state index is 5.83. The first-order valence-corrected chi connectivity index (χ1v) is 7.69. The summed E-state index contributed by atoms with van der Waals surface area (Å²) in [4.78, 5) is 0. The quantitative estimate of drug-likeness (QED) is 0.812. The smallest absolute Gasteiger partial charge is 0.119 e. The fourth-order valence-corrected chi connectivity index (χ4v) is 2.58. The van der Waals surface area contributed by atoms with Crippen LogP contribution in [-0.2, 0) is 0 Å². The Bertz CT molecular complexity index is 551. The van der Waals surface area contributed by atoms with Crippen molar-refractivity contribution in [3.8, 4) is 5.75 Å². The Morgan fingerprint density at radius 3 is 2.48 bits per heavy atom. The SMILES string of the molecule is CCNC(CCOc1ccccc1)c1cccc(C)c1C. The molecule has 1 atom stereocenters. The van der Waals surface area contributed by atoms with Crippen molar-refractivity contribution in [2.45, 2.75) is 33.2 Å². The highest BCUT2D eigenvalue weighted by molar-refractivity contribution is 5.35. The van der Waals surface area contributed by atoms with Crippen LogP contribution in [0, 0.1) is 13.8 Å². The van der Waals surface area contributed by atoms with Crippen LogP contribution in [0.3, 0.4) is 0 Å². The molecule has 0 amide bonds. The Morgan fingerprint density at radius 2 is 1.76 bits per heavy atom. The molecule has 2 aromatic carbocycles. The van der Waals surface area contributed by atoms with Crippen LogP contribution < -0.4 is 10.1 Å². The third-order valence-electron chi connectivity index (χ3n) is 3.89. The molecule has 2 rings (SSSR count). The number of hydrogen-bond acceptors (Lipinski definition) is 2. The molecule has 112 valence electrons. The molecule has 0 saturated carbocycles. The summed E-state index contributed by atoms with van der Waals surface area (Å²) in [5.74, 6) is 0.939. The van der Waals surface area contributed by atoms with Gasteiger partial charge in [-0.2, -0.15) is 0 Å². The van der Waals surface area contributed by atoms with Crippen molar-refractivity contribution in [3.05, 3.63) is 65.2 Å². The van der Waals surface area contributed by atoms with Gasteiger partial charge in [0, 0.05) is 12.5 Å². The van der Waals surface area contributed by atoms with Crippen LogP contribution in [0.1, 0.15) is 36.1 Å². The molecule has 0 aromatic heterocycles. The van der Waals surface area contributed by atoms with Gasteiger partial charge in [0.15, 0.2) is 0 Å². The summed E-state index contributed by atoms with van der Waals surface area (Å²) < 4.78 is 5.83. The molecule has 2 aromatic rings. The molecular weight excluding hydrogens is 258 g/mol. The van der Waals surface area contributed by atoms with Crippen molar-refractivity contribution in [1.29, 1.82) is 0 Å². The molecule has 0 aliphatic rings. The molecule has 0 aliphatic heterocycles. The molecular formula is C19H25NO. The van der Waals surface area contributed by atoms with Gasteiger partial charge in [-0.25, -0.2) is 0 Å². The topological polar surface area (TPSA) is 21.3 Å². The highest BCUT2D eigenvalue weighted by Crippen LogP contribution is 2.23. The van der Waals surface area contributed by atoms with Gasteiger partial charge in [-0.3, -0.25) is 0 Å². The molecule has 0 radical (unpaired) electrons.